The summed E-state index contributed by atoms with van der Waals surface area (Å²) in [6.45, 7) is 16.2. The zero-order chi connectivity index (χ0) is 68.1. The molecule has 3 amide bonds. The van der Waals surface area contributed by atoms with E-state index in [1.54, 1.807) is 38.1 Å². The molecule has 437 valence electrons. The third-order valence-corrected chi connectivity index (χ3v) is 13.9. The first-order chi connectivity index (χ1) is 43.0. The number of sulfonamides is 2. The van der Waals surface area contributed by atoms with Gasteiger partial charge in [0.2, 0.25) is 31.9 Å². The van der Waals surface area contributed by atoms with Crippen molar-refractivity contribution in [1.29, 1.82) is 0 Å². The Balaban J connectivity index is 0.000000420. The number of benzene rings is 4. The number of piperazine rings is 2. The summed E-state index contributed by atoms with van der Waals surface area (Å²) in [5, 5.41) is 13.4. The van der Waals surface area contributed by atoms with Gasteiger partial charge in [-0.1, -0.05) is 96.4 Å². The van der Waals surface area contributed by atoms with Crippen LogP contribution in [-0.4, -0.2) is 236 Å². The molecule has 0 unspecified atom stereocenters. The molecule has 2 heterocycles. The number of carboxylic acid groups (broad SMARTS) is 1. The normalized spacial score (nSPS) is 13.6. The summed E-state index contributed by atoms with van der Waals surface area (Å²) in [5.41, 5.74) is 37.0. The van der Waals surface area contributed by atoms with Crippen molar-refractivity contribution in [2.24, 2.45) is 5.14 Å². The first kappa shape index (κ1) is 79.5. The lowest BCUT2D eigenvalue weighted by Gasteiger charge is -2.41. The second kappa shape index (κ2) is 42.5. The molecule has 0 saturated carbocycles. The molecule has 2 fully saturated rings. The van der Waals surface area contributed by atoms with Gasteiger partial charge in [-0.25, -0.2) is 31.5 Å². The van der Waals surface area contributed by atoms with Crippen molar-refractivity contribution in [2.75, 3.05) is 51.8 Å². The number of aromatic carboxylic acids is 1. The third-order valence-electron chi connectivity index (χ3n) is 13.3. The Morgan fingerprint density at radius 1 is 0.549 bits per heavy atom. The second-order valence-corrected chi connectivity index (χ2v) is 24.1. The van der Waals surface area contributed by atoms with Gasteiger partial charge in [0.15, 0.2) is 0 Å². The summed E-state index contributed by atoms with van der Waals surface area (Å²) >= 11 is 0. The molecular formula is C59H60B15N6O9S2. The van der Waals surface area contributed by atoms with E-state index in [1.165, 1.54) is 18.2 Å². The Hall–Kier alpha value is -7.61. The van der Waals surface area contributed by atoms with E-state index in [0.717, 1.165) is 75.9 Å². The predicted molar refractivity (Wildman–Crippen MR) is 378 cm³/mol. The fourth-order valence-electron chi connectivity index (χ4n) is 9.37. The summed E-state index contributed by atoms with van der Waals surface area (Å²) in [6.07, 6.45) is -0.495. The molecule has 4 N–H and O–H groups in total. The van der Waals surface area contributed by atoms with Gasteiger partial charge in [0.1, 0.15) is 0 Å². The number of rotatable bonds is 17. The highest BCUT2D eigenvalue weighted by atomic mass is 32.2. The minimum Gasteiger partial charge on any atom is -0.478 e. The van der Waals surface area contributed by atoms with Crippen LogP contribution in [0.5, 0.6) is 0 Å². The highest BCUT2D eigenvalue weighted by Crippen LogP contribution is 2.20. The van der Waals surface area contributed by atoms with Crippen molar-refractivity contribution in [3.63, 3.8) is 0 Å². The molecule has 2 saturated heterocycles. The lowest BCUT2D eigenvalue weighted by molar-refractivity contribution is -0.134. The van der Waals surface area contributed by atoms with E-state index in [0.29, 0.717) is 13.0 Å². The Morgan fingerprint density at radius 3 is 1.16 bits per heavy atom. The molecule has 15 nitrogen and oxygen atoms in total. The average Bonchev–Trinajstić information content (AvgIpc) is 1.04. The minimum absolute atomic E-state index is 0.0376. The lowest BCUT2D eigenvalue weighted by atomic mass is 8.46. The van der Waals surface area contributed by atoms with Gasteiger partial charge in [-0.3, -0.25) is 24.2 Å². The Bertz CT molecular complexity index is 3720. The van der Waals surface area contributed by atoms with Crippen LogP contribution in [0.1, 0.15) is 56.8 Å². The van der Waals surface area contributed by atoms with E-state index in [-0.39, 0.29) is 35.0 Å². The van der Waals surface area contributed by atoms with Crippen LogP contribution in [-0.2, 0) is 55.6 Å². The van der Waals surface area contributed by atoms with E-state index >= 15 is 0 Å². The molecule has 0 aromatic heterocycles. The number of carbonyl (C=O) groups is 4. The maximum atomic E-state index is 12.1. The molecule has 4 aromatic carbocycles. The standard InChI is InChI=1S/C22H27N3O4S.C21H24N2O3.C15H4.CH5NO2S.B15/c1-17(26)25-13-12-24(15-19-6-4-3-5-7-19)16-21(25)14-18-8-10-20(11-9-18)22(27)23-30(2,28)29;1-16(24)23-12-11-22(14-18-5-3-2-4-6-18)15-20(23)13-17-7-9-19(10-8-17)21(25)26;1-3-5-7-9-11-13-15-14-12-10-8-6-4-2;1-5(2,3)4;1-9-13(8)15(12(6)7)14(10(2)3)11(4)5/h3-11,21H,12-16H2,1-2H3,(H,23,27);2-10,20H,11-15H2,1H3,(H,25,26);1-2H2;1H3,(H2,2,3,4);/t21-;20-;;;/m11.../s1. The highest BCUT2D eigenvalue weighted by Gasteiger charge is 2.37. The van der Waals surface area contributed by atoms with Crippen LogP contribution in [0.2, 0.25) is 0 Å². The molecule has 2 atom stereocenters. The van der Waals surface area contributed by atoms with Gasteiger partial charge >= 0.3 is 5.97 Å². The number of hydrogen-bond acceptors (Lipinski definition) is 10. The van der Waals surface area contributed by atoms with Crippen LogP contribution in [0.25, 0.3) is 0 Å². The van der Waals surface area contributed by atoms with Gasteiger partial charge in [0.25, 0.3) is 5.91 Å². The summed E-state index contributed by atoms with van der Waals surface area (Å²) in [5.74, 6) is -1.42. The van der Waals surface area contributed by atoms with Gasteiger partial charge < -0.3 is 14.9 Å². The zero-order valence-corrected chi connectivity index (χ0v) is 53.2. The Morgan fingerprint density at radius 2 is 0.879 bits per heavy atom. The van der Waals surface area contributed by atoms with Gasteiger partial charge in [0, 0.05) is 191 Å². The molecule has 2 aliphatic heterocycles. The average molecular weight is 1220 g/mol. The van der Waals surface area contributed by atoms with Crippen LogP contribution in [0, 0.1) is 0 Å². The fraction of sp³-hybridized carbons (Fsp3) is 0.271. The maximum Gasteiger partial charge on any atom is 0.335 e. The van der Waals surface area contributed by atoms with E-state index < -0.39 is 70.2 Å². The second-order valence-electron chi connectivity index (χ2n) is 20.7. The lowest BCUT2D eigenvalue weighted by Crippen LogP contribution is -2.73. The fourth-order valence-corrected chi connectivity index (χ4v) is 9.83. The summed E-state index contributed by atoms with van der Waals surface area (Å²) in [4.78, 5) is 55.7. The molecule has 0 bridgehead atoms. The van der Waals surface area contributed by atoms with Crippen LogP contribution >= 0.6 is 0 Å². The molecule has 32 heteroatoms. The largest absolute Gasteiger partial charge is 0.478 e. The number of carbonyl (C=O) groups excluding carboxylic acids is 3. The zero-order valence-electron chi connectivity index (χ0n) is 51.6. The number of carboxylic acids is 1. The molecule has 0 aliphatic carbocycles. The minimum atomic E-state index is -3.60. The van der Waals surface area contributed by atoms with E-state index in [4.69, 9.17) is 67.0 Å². The number of nitrogens with two attached hydrogens (primary N) is 1. The molecule has 0 spiro atoms. The molecule has 6 rings (SSSR count). The first-order valence-electron chi connectivity index (χ1n) is 28.1. The summed E-state index contributed by atoms with van der Waals surface area (Å²) in [6, 6.07) is 34.5. The SMILES string of the molecule is C=C=C=C=C=C=C=C=C=C=C=C=C=C=C.CC(=O)N1CCN(Cc2ccccc2)C[C@H]1Cc1ccc(C(=O)NS(C)(=O)=O)cc1.CC(=O)N1CCN(Cc2ccccc2)C[C@H]1Cc1ccc(C(=O)O)cc1.CS(N)(=O)=O.[B][B]B([B])B(B([B])[B])B(B([B])[B])B([B])[B]. The molecule has 91 heavy (non-hydrogen) atoms. The van der Waals surface area contributed by atoms with Crippen LogP contribution in [0.3, 0.4) is 0 Å². The van der Waals surface area contributed by atoms with Crippen molar-refractivity contribution >= 4 is 151 Å². The van der Waals surface area contributed by atoms with Gasteiger partial charge in [0.05, 0.1) is 18.1 Å². The summed E-state index contributed by atoms with van der Waals surface area (Å²) < 4.78 is 43.2. The van der Waals surface area contributed by atoms with Crippen molar-refractivity contribution < 1.29 is 41.1 Å². The van der Waals surface area contributed by atoms with Crippen LogP contribution in [0.4, 0.5) is 0 Å². The number of nitrogens with one attached hydrogen (secondary N) is 1. The number of amides is 3. The van der Waals surface area contributed by atoms with Crippen molar-refractivity contribution in [3.8, 4) is 0 Å². The molecular weight excluding hydrogens is 1160 g/mol. The van der Waals surface area contributed by atoms with Crippen LogP contribution < -0.4 is 9.86 Å². The van der Waals surface area contributed by atoms with E-state index in [9.17, 15) is 36.0 Å². The maximum absolute atomic E-state index is 12.1. The van der Waals surface area contributed by atoms with Crippen molar-refractivity contribution in [3.05, 3.63) is 230 Å². The van der Waals surface area contributed by atoms with Gasteiger partial charge in [-0.15, -0.1) is 0 Å². The van der Waals surface area contributed by atoms with Gasteiger partial charge in [-0.2, -0.15) is 0 Å². The first-order valence-corrected chi connectivity index (χ1v) is 31.9. The molecule has 4 aromatic rings. The molecule has 2 aliphatic rings. The van der Waals surface area contributed by atoms with Crippen LogP contribution in [0.15, 0.2) is 197 Å². The number of hydrogen-bond donors (Lipinski definition) is 3. The highest BCUT2D eigenvalue weighted by molar-refractivity contribution is 8.12. The quantitative estimate of drug-likeness (QED) is 0.0970. The van der Waals surface area contributed by atoms with E-state index in [2.05, 4.69) is 127 Å². The van der Waals surface area contributed by atoms with E-state index in [1.807, 2.05) is 75.2 Å². The van der Waals surface area contributed by atoms with Crippen molar-refractivity contribution in [1.82, 2.24) is 24.3 Å². The Labute approximate surface area is 552 Å². The summed E-state index contributed by atoms with van der Waals surface area (Å²) in [7, 11) is 39.0. The number of primary sulfonamides is 1. The monoisotopic (exact) mass is 1230 g/mol. The smallest absolute Gasteiger partial charge is 0.335 e. The van der Waals surface area contributed by atoms with Gasteiger partial charge in [-0.05, 0) is 136 Å². The van der Waals surface area contributed by atoms with Crippen molar-refractivity contribution in [2.45, 2.75) is 51.9 Å². The topological polar surface area (TPSA) is 208 Å². The number of nitrogens with zero attached hydrogens (tertiary/aromatic N) is 4. The molecule has 17 radical (unpaired) electrons. The third kappa shape index (κ3) is 33.9. The Kier molecular flexibility index (Phi) is 37.1. The predicted octanol–water partition coefficient (Wildman–Crippen LogP) is 0.323.